The maximum Gasteiger partial charge on any atom is 0.221 e. The summed E-state index contributed by atoms with van der Waals surface area (Å²) in [5.74, 6) is 0.177. The minimum Gasteiger partial charge on any atom is -0.356 e. The van der Waals surface area contributed by atoms with Gasteiger partial charge in [0.2, 0.25) is 5.91 Å². The highest BCUT2D eigenvalue weighted by Gasteiger charge is 2.24. The molecule has 1 atom stereocenters. The largest absolute Gasteiger partial charge is 0.356 e. The van der Waals surface area contributed by atoms with E-state index in [1.54, 1.807) is 0 Å². The first-order chi connectivity index (χ1) is 10.5. The maximum atomic E-state index is 12.1. The summed E-state index contributed by atoms with van der Waals surface area (Å²) in [7, 11) is 4.24. The van der Waals surface area contributed by atoms with Crippen molar-refractivity contribution < 1.29 is 4.79 Å². The number of amides is 1. The Bertz CT molecular complexity index is 489. The Morgan fingerprint density at radius 3 is 2.91 bits per heavy atom. The van der Waals surface area contributed by atoms with Crippen LogP contribution in [0.4, 0.5) is 0 Å². The number of nitrogens with one attached hydrogen (secondary N) is 1. The first kappa shape index (κ1) is 17.0. The van der Waals surface area contributed by atoms with Gasteiger partial charge in [0, 0.05) is 38.6 Å². The smallest absolute Gasteiger partial charge is 0.221 e. The number of hydrogen-bond acceptors (Lipinski definition) is 3. The molecule has 0 bridgehead atoms. The summed E-state index contributed by atoms with van der Waals surface area (Å²) in [6.07, 6.45) is 2.62. The van der Waals surface area contributed by atoms with Crippen LogP contribution in [0, 0.1) is 6.92 Å². The fourth-order valence-corrected chi connectivity index (χ4v) is 3.00. The molecular weight excluding hydrogens is 274 g/mol. The zero-order chi connectivity index (χ0) is 15.9. The molecule has 1 aliphatic rings. The van der Waals surface area contributed by atoms with Gasteiger partial charge < -0.3 is 15.1 Å². The summed E-state index contributed by atoms with van der Waals surface area (Å²) in [6.45, 7) is 5.99. The number of carbonyl (C=O) groups is 1. The van der Waals surface area contributed by atoms with Gasteiger partial charge in [-0.1, -0.05) is 29.8 Å². The van der Waals surface area contributed by atoms with E-state index in [1.807, 2.05) is 0 Å². The molecule has 1 aliphatic heterocycles. The first-order valence-electron chi connectivity index (χ1n) is 8.25. The van der Waals surface area contributed by atoms with E-state index >= 15 is 0 Å². The SMILES string of the molecule is Cc1cccc(CCCNC(=O)CC2CN(C)CCN2C)c1. The fourth-order valence-electron chi connectivity index (χ4n) is 3.00. The Labute approximate surface area is 134 Å². The molecule has 1 heterocycles. The number of likely N-dealkylation sites (N-methyl/N-ethyl adjacent to an activating group) is 2. The average Bonchev–Trinajstić information content (AvgIpc) is 2.48. The van der Waals surface area contributed by atoms with Crippen LogP contribution in [0.5, 0.6) is 0 Å². The topological polar surface area (TPSA) is 35.6 Å². The van der Waals surface area contributed by atoms with Gasteiger partial charge in [-0.15, -0.1) is 0 Å². The van der Waals surface area contributed by atoms with Gasteiger partial charge in [-0.2, -0.15) is 0 Å². The van der Waals surface area contributed by atoms with Gasteiger partial charge in [0.25, 0.3) is 0 Å². The standard InChI is InChI=1S/C18H29N3O/c1-15-6-4-7-16(12-15)8-5-9-19-18(22)13-17-14-20(2)10-11-21(17)3/h4,6-7,12,17H,5,8-11,13-14H2,1-3H3,(H,19,22). The first-order valence-corrected chi connectivity index (χ1v) is 8.25. The van der Waals surface area contributed by atoms with Gasteiger partial charge in [0.05, 0.1) is 0 Å². The van der Waals surface area contributed by atoms with Gasteiger partial charge in [0.1, 0.15) is 0 Å². The Kier molecular flexibility index (Phi) is 6.40. The zero-order valence-corrected chi connectivity index (χ0v) is 14.1. The normalized spacial score (nSPS) is 20.0. The van der Waals surface area contributed by atoms with Crippen LogP contribution in [-0.4, -0.2) is 62.0 Å². The third-order valence-electron chi connectivity index (χ3n) is 4.45. The minimum atomic E-state index is 0.177. The Balaban J connectivity index is 1.65. The third kappa shape index (κ3) is 5.43. The second-order valence-corrected chi connectivity index (χ2v) is 6.54. The average molecular weight is 303 g/mol. The second kappa shape index (κ2) is 8.30. The molecule has 4 heteroatoms. The van der Waals surface area contributed by atoms with Crippen LogP contribution in [-0.2, 0) is 11.2 Å². The quantitative estimate of drug-likeness (QED) is 0.812. The van der Waals surface area contributed by atoms with E-state index in [1.165, 1.54) is 11.1 Å². The van der Waals surface area contributed by atoms with Crippen LogP contribution >= 0.6 is 0 Å². The molecule has 4 nitrogen and oxygen atoms in total. The Morgan fingerprint density at radius 1 is 1.32 bits per heavy atom. The third-order valence-corrected chi connectivity index (χ3v) is 4.45. The summed E-state index contributed by atoms with van der Waals surface area (Å²) in [4.78, 5) is 16.7. The number of aryl methyl sites for hydroxylation is 2. The predicted molar refractivity (Wildman–Crippen MR) is 91.0 cm³/mol. The van der Waals surface area contributed by atoms with Gasteiger partial charge in [0.15, 0.2) is 0 Å². The number of carbonyl (C=O) groups excluding carboxylic acids is 1. The molecule has 1 aromatic rings. The van der Waals surface area contributed by atoms with E-state index < -0.39 is 0 Å². The van der Waals surface area contributed by atoms with E-state index in [9.17, 15) is 4.79 Å². The lowest BCUT2D eigenvalue weighted by Crippen LogP contribution is -2.51. The molecule has 0 spiro atoms. The Morgan fingerprint density at radius 2 is 2.14 bits per heavy atom. The van der Waals surface area contributed by atoms with E-state index in [4.69, 9.17) is 0 Å². The second-order valence-electron chi connectivity index (χ2n) is 6.54. The molecule has 1 fully saturated rings. The van der Waals surface area contributed by atoms with Crippen LogP contribution < -0.4 is 5.32 Å². The van der Waals surface area contributed by atoms with Crippen molar-refractivity contribution in [1.82, 2.24) is 15.1 Å². The monoisotopic (exact) mass is 303 g/mol. The van der Waals surface area contributed by atoms with Crippen LogP contribution in [0.3, 0.4) is 0 Å². The van der Waals surface area contributed by atoms with Crippen molar-refractivity contribution >= 4 is 5.91 Å². The molecule has 1 aromatic carbocycles. The fraction of sp³-hybridized carbons (Fsp3) is 0.611. The molecule has 0 radical (unpaired) electrons. The predicted octanol–water partition coefficient (Wildman–Crippen LogP) is 1.68. The highest BCUT2D eigenvalue weighted by molar-refractivity contribution is 5.76. The highest BCUT2D eigenvalue weighted by atomic mass is 16.1. The molecule has 1 N–H and O–H groups in total. The van der Waals surface area contributed by atoms with Crippen molar-refractivity contribution in [3.63, 3.8) is 0 Å². The van der Waals surface area contributed by atoms with Crippen molar-refractivity contribution in [2.75, 3.05) is 40.3 Å². The molecule has 0 aromatic heterocycles. The van der Waals surface area contributed by atoms with Crippen molar-refractivity contribution in [2.45, 2.75) is 32.2 Å². The van der Waals surface area contributed by atoms with Crippen molar-refractivity contribution in [3.05, 3.63) is 35.4 Å². The molecule has 2 rings (SSSR count). The highest BCUT2D eigenvalue weighted by Crippen LogP contribution is 2.09. The Hall–Kier alpha value is -1.39. The van der Waals surface area contributed by atoms with E-state index in [0.717, 1.165) is 39.0 Å². The lowest BCUT2D eigenvalue weighted by atomic mass is 10.1. The van der Waals surface area contributed by atoms with Crippen LogP contribution in [0.25, 0.3) is 0 Å². The van der Waals surface area contributed by atoms with E-state index in [0.29, 0.717) is 12.5 Å². The molecule has 122 valence electrons. The van der Waals surface area contributed by atoms with E-state index in [-0.39, 0.29) is 5.91 Å². The summed E-state index contributed by atoms with van der Waals surface area (Å²) >= 11 is 0. The molecule has 0 saturated carbocycles. The van der Waals surface area contributed by atoms with E-state index in [2.05, 4.69) is 60.4 Å². The summed E-state index contributed by atoms with van der Waals surface area (Å²) in [6, 6.07) is 8.92. The van der Waals surface area contributed by atoms with Gasteiger partial charge in [-0.05, 0) is 39.4 Å². The number of hydrogen-bond donors (Lipinski definition) is 1. The molecule has 1 saturated heterocycles. The van der Waals surface area contributed by atoms with Gasteiger partial charge >= 0.3 is 0 Å². The summed E-state index contributed by atoms with van der Waals surface area (Å²) < 4.78 is 0. The number of benzene rings is 1. The molecular formula is C18H29N3O. The minimum absolute atomic E-state index is 0.177. The lowest BCUT2D eigenvalue weighted by Gasteiger charge is -2.37. The van der Waals surface area contributed by atoms with Crippen molar-refractivity contribution in [2.24, 2.45) is 0 Å². The van der Waals surface area contributed by atoms with Crippen LogP contribution in [0.15, 0.2) is 24.3 Å². The van der Waals surface area contributed by atoms with Crippen LogP contribution in [0.2, 0.25) is 0 Å². The van der Waals surface area contributed by atoms with Crippen molar-refractivity contribution in [3.8, 4) is 0 Å². The van der Waals surface area contributed by atoms with Gasteiger partial charge in [-0.3, -0.25) is 4.79 Å². The number of piperazine rings is 1. The lowest BCUT2D eigenvalue weighted by molar-refractivity contribution is -0.122. The molecule has 1 amide bonds. The number of rotatable bonds is 6. The van der Waals surface area contributed by atoms with Crippen LogP contribution in [0.1, 0.15) is 24.0 Å². The summed E-state index contributed by atoms with van der Waals surface area (Å²) in [5.41, 5.74) is 2.65. The molecule has 1 unspecified atom stereocenters. The number of nitrogens with zero attached hydrogens (tertiary/aromatic N) is 2. The summed E-state index contributed by atoms with van der Waals surface area (Å²) in [5, 5.41) is 3.07. The van der Waals surface area contributed by atoms with Gasteiger partial charge in [-0.25, -0.2) is 0 Å². The van der Waals surface area contributed by atoms with Crippen molar-refractivity contribution in [1.29, 1.82) is 0 Å². The maximum absolute atomic E-state index is 12.1. The zero-order valence-electron chi connectivity index (χ0n) is 14.1. The molecule has 0 aliphatic carbocycles. The molecule has 22 heavy (non-hydrogen) atoms.